The fourth-order valence-electron chi connectivity index (χ4n) is 1.97. The van der Waals surface area contributed by atoms with Crippen LogP contribution < -0.4 is 10.1 Å². The summed E-state index contributed by atoms with van der Waals surface area (Å²) in [4.78, 5) is 12.0. The number of methoxy groups -OCH3 is 1. The van der Waals surface area contributed by atoms with E-state index in [1.165, 1.54) is 0 Å². The smallest absolute Gasteiger partial charge is 0.271 e. The number of aromatic nitrogens is 2. The van der Waals surface area contributed by atoms with Crippen molar-refractivity contribution in [1.29, 1.82) is 0 Å². The summed E-state index contributed by atoms with van der Waals surface area (Å²) in [6.45, 7) is 4.15. The Labute approximate surface area is 129 Å². The molecule has 2 aromatic rings. The molecule has 1 aromatic carbocycles. The fourth-order valence-corrected chi connectivity index (χ4v) is 1.97. The predicted molar refractivity (Wildman–Crippen MR) is 83.0 cm³/mol. The van der Waals surface area contributed by atoms with Crippen molar-refractivity contribution in [3.8, 4) is 5.75 Å². The van der Waals surface area contributed by atoms with Gasteiger partial charge in [-0.15, -0.1) is 0 Å². The van der Waals surface area contributed by atoms with Gasteiger partial charge in [0.2, 0.25) is 0 Å². The summed E-state index contributed by atoms with van der Waals surface area (Å²) in [7, 11) is 1.58. The van der Waals surface area contributed by atoms with Crippen LogP contribution in [0.2, 0.25) is 0 Å². The second-order valence-corrected chi connectivity index (χ2v) is 5.36. The summed E-state index contributed by atoms with van der Waals surface area (Å²) < 4.78 is 5.06. The number of rotatable bonds is 6. The third-order valence-electron chi connectivity index (χ3n) is 3.41. The predicted octanol–water partition coefficient (Wildman–Crippen LogP) is 2.01. The maximum atomic E-state index is 12.0. The van der Waals surface area contributed by atoms with Crippen LogP contribution in [-0.4, -0.2) is 34.9 Å². The van der Waals surface area contributed by atoms with Crippen molar-refractivity contribution in [2.45, 2.75) is 25.9 Å². The molecule has 0 fully saturated rings. The summed E-state index contributed by atoms with van der Waals surface area (Å²) in [5.41, 5.74) is 1.94. The highest BCUT2D eigenvalue weighted by molar-refractivity contribution is 5.92. The normalized spacial score (nSPS) is 12.2. The molecule has 22 heavy (non-hydrogen) atoms. The molecule has 1 heterocycles. The molecule has 2 rings (SSSR count). The Bertz CT molecular complexity index is 620. The lowest BCUT2D eigenvalue weighted by Crippen LogP contribution is -2.28. The first-order valence-corrected chi connectivity index (χ1v) is 7.16. The first-order chi connectivity index (χ1) is 10.5. The van der Waals surface area contributed by atoms with Gasteiger partial charge in [-0.2, -0.15) is 5.10 Å². The number of aliphatic hydroxyl groups is 1. The van der Waals surface area contributed by atoms with Crippen molar-refractivity contribution in [2.75, 3.05) is 13.7 Å². The SMILES string of the molecule is COc1ccc([C@@H](O)CNC(=O)c2cc(C(C)C)[nH]n2)cc1. The largest absolute Gasteiger partial charge is 0.497 e. The zero-order chi connectivity index (χ0) is 16.1. The molecular weight excluding hydrogens is 282 g/mol. The minimum Gasteiger partial charge on any atom is -0.497 e. The highest BCUT2D eigenvalue weighted by Gasteiger charge is 2.14. The van der Waals surface area contributed by atoms with E-state index < -0.39 is 6.10 Å². The molecule has 0 saturated heterocycles. The third kappa shape index (κ3) is 3.85. The minimum atomic E-state index is -0.779. The Kier molecular flexibility index (Phi) is 5.16. The summed E-state index contributed by atoms with van der Waals surface area (Å²) in [5.74, 6) is 0.687. The number of H-pyrrole nitrogens is 1. The average Bonchev–Trinajstić information content (AvgIpc) is 3.02. The Morgan fingerprint density at radius 1 is 1.36 bits per heavy atom. The maximum absolute atomic E-state index is 12.0. The molecule has 0 aliphatic rings. The van der Waals surface area contributed by atoms with Crippen molar-refractivity contribution in [1.82, 2.24) is 15.5 Å². The Morgan fingerprint density at radius 2 is 2.05 bits per heavy atom. The van der Waals surface area contributed by atoms with Crippen molar-refractivity contribution in [3.63, 3.8) is 0 Å². The highest BCUT2D eigenvalue weighted by Crippen LogP contribution is 2.17. The topological polar surface area (TPSA) is 87.2 Å². The van der Waals surface area contributed by atoms with Crippen LogP contribution >= 0.6 is 0 Å². The van der Waals surface area contributed by atoms with Gasteiger partial charge in [-0.05, 0) is 29.7 Å². The zero-order valence-electron chi connectivity index (χ0n) is 13.0. The molecule has 0 unspecified atom stereocenters. The molecule has 0 bridgehead atoms. The van der Waals surface area contributed by atoms with E-state index >= 15 is 0 Å². The molecule has 0 radical (unpaired) electrons. The molecular formula is C16H21N3O3. The molecule has 0 aliphatic carbocycles. The molecule has 0 aliphatic heterocycles. The molecule has 1 aromatic heterocycles. The van der Waals surface area contributed by atoms with Gasteiger partial charge in [-0.1, -0.05) is 26.0 Å². The number of amides is 1. The summed E-state index contributed by atoms with van der Waals surface area (Å²) in [5, 5.41) is 19.6. The number of carbonyl (C=O) groups excluding carboxylic acids is 1. The van der Waals surface area contributed by atoms with E-state index in [2.05, 4.69) is 15.5 Å². The number of hydrogen-bond acceptors (Lipinski definition) is 4. The first-order valence-electron chi connectivity index (χ1n) is 7.16. The molecule has 6 nitrogen and oxygen atoms in total. The lowest BCUT2D eigenvalue weighted by atomic mass is 10.1. The number of nitrogens with zero attached hydrogens (tertiary/aromatic N) is 1. The molecule has 0 saturated carbocycles. The van der Waals surface area contributed by atoms with E-state index in [-0.39, 0.29) is 18.4 Å². The second-order valence-electron chi connectivity index (χ2n) is 5.36. The van der Waals surface area contributed by atoms with E-state index in [1.807, 2.05) is 13.8 Å². The molecule has 1 atom stereocenters. The van der Waals surface area contributed by atoms with Gasteiger partial charge >= 0.3 is 0 Å². The Balaban J connectivity index is 1.91. The van der Waals surface area contributed by atoms with Crippen molar-refractivity contribution in [3.05, 3.63) is 47.3 Å². The number of hydrogen-bond donors (Lipinski definition) is 3. The molecule has 1 amide bonds. The number of nitrogens with one attached hydrogen (secondary N) is 2. The van der Waals surface area contributed by atoms with Crippen LogP contribution in [0.25, 0.3) is 0 Å². The van der Waals surface area contributed by atoms with Crippen LogP contribution in [-0.2, 0) is 0 Å². The number of aliphatic hydroxyl groups excluding tert-OH is 1. The molecule has 3 N–H and O–H groups in total. The van der Waals surface area contributed by atoms with Crippen LogP contribution in [0.15, 0.2) is 30.3 Å². The van der Waals surface area contributed by atoms with Gasteiger partial charge < -0.3 is 15.2 Å². The van der Waals surface area contributed by atoms with Gasteiger partial charge in [0, 0.05) is 12.2 Å². The van der Waals surface area contributed by atoms with E-state index in [0.717, 1.165) is 11.4 Å². The Morgan fingerprint density at radius 3 is 2.59 bits per heavy atom. The summed E-state index contributed by atoms with van der Waals surface area (Å²) >= 11 is 0. The standard InChI is InChI=1S/C16H21N3O3/c1-10(2)13-8-14(19-18-13)16(21)17-9-15(20)11-4-6-12(22-3)7-5-11/h4-8,10,15,20H,9H2,1-3H3,(H,17,21)(H,18,19)/t15-/m0/s1. The summed E-state index contributed by atoms with van der Waals surface area (Å²) in [6, 6.07) is 8.79. The van der Waals surface area contributed by atoms with Crippen molar-refractivity contribution < 1.29 is 14.6 Å². The lowest BCUT2D eigenvalue weighted by Gasteiger charge is -2.12. The third-order valence-corrected chi connectivity index (χ3v) is 3.41. The first kappa shape index (κ1) is 16.0. The molecule has 118 valence electrons. The minimum absolute atomic E-state index is 0.120. The number of aromatic amines is 1. The van der Waals surface area contributed by atoms with Gasteiger partial charge in [0.15, 0.2) is 0 Å². The van der Waals surface area contributed by atoms with Gasteiger partial charge in [0.05, 0.1) is 13.2 Å². The van der Waals surface area contributed by atoms with Crippen molar-refractivity contribution >= 4 is 5.91 Å². The van der Waals surface area contributed by atoms with Crippen LogP contribution in [0.5, 0.6) is 5.75 Å². The van der Waals surface area contributed by atoms with E-state index in [1.54, 1.807) is 37.4 Å². The Hall–Kier alpha value is -2.34. The summed E-state index contributed by atoms with van der Waals surface area (Å²) in [6.07, 6.45) is -0.779. The van der Waals surface area contributed by atoms with Gasteiger partial charge in [0.1, 0.15) is 11.4 Å². The van der Waals surface area contributed by atoms with Crippen LogP contribution in [0.4, 0.5) is 0 Å². The fraction of sp³-hybridized carbons (Fsp3) is 0.375. The van der Waals surface area contributed by atoms with Gasteiger partial charge in [0.25, 0.3) is 5.91 Å². The zero-order valence-corrected chi connectivity index (χ0v) is 13.0. The van der Waals surface area contributed by atoms with Gasteiger partial charge in [-0.3, -0.25) is 9.89 Å². The quantitative estimate of drug-likeness (QED) is 0.762. The van der Waals surface area contributed by atoms with E-state index in [9.17, 15) is 9.90 Å². The monoisotopic (exact) mass is 303 g/mol. The highest BCUT2D eigenvalue weighted by atomic mass is 16.5. The van der Waals surface area contributed by atoms with Crippen LogP contribution in [0.1, 0.15) is 47.6 Å². The number of ether oxygens (including phenoxy) is 1. The maximum Gasteiger partial charge on any atom is 0.271 e. The van der Waals surface area contributed by atoms with Gasteiger partial charge in [-0.25, -0.2) is 0 Å². The molecule has 0 spiro atoms. The number of benzene rings is 1. The van der Waals surface area contributed by atoms with Crippen LogP contribution in [0.3, 0.4) is 0 Å². The average molecular weight is 303 g/mol. The van der Waals surface area contributed by atoms with E-state index in [0.29, 0.717) is 11.3 Å². The van der Waals surface area contributed by atoms with E-state index in [4.69, 9.17) is 4.74 Å². The lowest BCUT2D eigenvalue weighted by molar-refractivity contribution is 0.0911. The second kappa shape index (κ2) is 7.09. The van der Waals surface area contributed by atoms with Crippen molar-refractivity contribution in [2.24, 2.45) is 0 Å². The van der Waals surface area contributed by atoms with Crippen LogP contribution in [0, 0.1) is 0 Å². The molecule has 6 heteroatoms. The number of carbonyl (C=O) groups is 1.